The summed E-state index contributed by atoms with van der Waals surface area (Å²) in [6.45, 7) is 11.3. The van der Waals surface area contributed by atoms with E-state index in [0.717, 1.165) is 69.7 Å². The maximum absolute atomic E-state index is 13.7. The summed E-state index contributed by atoms with van der Waals surface area (Å²) in [5.74, 6) is 1.64. The summed E-state index contributed by atoms with van der Waals surface area (Å²) in [7, 11) is 1.68. The zero-order chi connectivity index (χ0) is 27.1. The first-order chi connectivity index (χ1) is 18.4. The number of nitrogens with zero attached hydrogens (tertiary/aromatic N) is 2. The second kappa shape index (κ2) is 13.8. The highest BCUT2D eigenvalue weighted by Gasteiger charge is 2.39. The molecule has 3 atom stereocenters. The predicted octanol–water partition coefficient (Wildman–Crippen LogP) is 3.66. The molecule has 3 aliphatic rings. The Labute approximate surface area is 228 Å². The molecular formula is C30H47N3O5. The van der Waals surface area contributed by atoms with Gasteiger partial charge in [-0.2, -0.15) is 0 Å². The van der Waals surface area contributed by atoms with Gasteiger partial charge in [0.2, 0.25) is 5.91 Å². The summed E-state index contributed by atoms with van der Waals surface area (Å²) < 4.78 is 16.8. The highest BCUT2D eigenvalue weighted by molar-refractivity contribution is 5.95. The number of hydrogen-bond donors (Lipinski definition) is 1. The van der Waals surface area contributed by atoms with Crippen molar-refractivity contribution in [2.24, 2.45) is 11.8 Å². The van der Waals surface area contributed by atoms with Crippen LogP contribution in [0.3, 0.4) is 0 Å². The minimum atomic E-state index is 0.0286. The topological polar surface area (TPSA) is 80.3 Å². The van der Waals surface area contributed by atoms with Gasteiger partial charge in [-0.15, -0.1) is 0 Å². The van der Waals surface area contributed by atoms with Crippen molar-refractivity contribution in [3.63, 3.8) is 0 Å². The first-order valence-electron chi connectivity index (χ1n) is 14.5. The van der Waals surface area contributed by atoms with E-state index in [2.05, 4.69) is 24.1 Å². The molecule has 3 fully saturated rings. The third-order valence-corrected chi connectivity index (χ3v) is 8.15. The van der Waals surface area contributed by atoms with Crippen LogP contribution in [0.4, 0.5) is 0 Å². The summed E-state index contributed by atoms with van der Waals surface area (Å²) in [4.78, 5) is 31.0. The largest absolute Gasteiger partial charge is 0.493 e. The molecule has 0 aromatic heterocycles. The molecule has 1 aromatic rings. The van der Waals surface area contributed by atoms with E-state index in [9.17, 15) is 9.59 Å². The molecule has 38 heavy (non-hydrogen) atoms. The van der Waals surface area contributed by atoms with E-state index in [1.807, 2.05) is 30.0 Å². The van der Waals surface area contributed by atoms with E-state index in [4.69, 9.17) is 14.2 Å². The van der Waals surface area contributed by atoms with E-state index in [1.165, 1.54) is 0 Å². The molecule has 212 valence electrons. The molecule has 1 N–H and O–H groups in total. The molecule has 0 bridgehead atoms. The van der Waals surface area contributed by atoms with Crippen molar-refractivity contribution in [3.8, 4) is 5.75 Å². The first kappa shape index (κ1) is 28.8. The van der Waals surface area contributed by atoms with Gasteiger partial charge in [0.05, 0.1) is 19.1 Å². The summed E-state index contributed by atoms with van der Waals surface area (Å²) in [6.07, 6.45) is 5.63. The van der Waals surface area contributed by atoms with E-state index in [1.54, 1.807) is 7.11 Å². The van der Waals surface area contributed by atoms with Gasteiger partial charge in [0.25, 0.3) is 5.91 Å². The average molecular weight is 530 g/mol. The van der Waals surface area contributed by atoms with Crippen molar-refractivity contribution in [3.05, 3.63) is 29.3 Å². The van der Waals surface area contributed by atoms with Gasteiger partial charge in [-0.25, -0.2) is 0 Å². The number of rotatable bonds is 14. The van der Waals surface area contributed by atoms with Gasteiger partial charge < -0.3 is 29.3 Å². The first-order valence-corrected chi connectivity index (χ1v) is 14.5. The molecule has 2 amide bonds. The smallest absolute Gasteiger partial charge is 0.254 e. The summed E-state index contributed by atoms with van der Waals surface area (Å²) in [5.41, 5.74) is 1.67. The van der Waals surface area contributed by atoms with E-state index < -0.39 is 0 Å². The Morgan fingerprint density at radius 1 is 1.11 bits per heavy atom. The van der Waals surface area contributed by atoms with Crippen LogP contribution in [-0.4, -0.2) is 92.9 Å². The monoisotopic (exact) mass is 529 g/mol. The van der Waals surface area contributed by atoms with Crippen molar-refractivity contribution in [2.45, 2.75) is 77.5 Å². The van der Waals surface area contributed by atoms with Crippen molar-refractivity contribution in [1.82, 2.24) is 15.1 Å². The molecule has 8 nitrogen and oxygen atoms in total. The molecule has 0 spiro atoms. The molecule has 8 heteroatoms. The lowest BCUT2D eigenvalue weighted by Crippen LogP contribution is -2.45. The zero-order valence-corrected chi connectivity index (χ0v) is 23.7. The second-order valence-corrected chi connectivity index (χ2v) is 11.5. The number of hydrogen-bond acceptors (Lipinski definition) is 6. The third kappa shape index (κ3) is 7.70. The van der Waals surface area contributed by atoms with Crippen LogP contribution in [0.15, 0.2) is 18.2 Å². The molecule has 1 aromatic carbocycles. The van der Waals surface area contributed by atoms with Crippen molar-refractivity contribution in [2.75, 3.05) is 53.1 Å². The van der Waals surface area contributed by atoms with Crippen LogP contribution in [0.5, 0.6) is 5.75 Å². The molecule has 0 radical (unpaired) electrons. The van der Waals surface area contributed by atoms with Crippen LogP contribution in [-0.2, 0) is 14.3 Å². The number of nitrogens with one attached hydrogen (secondary N) is 1. The van der Waals surface area contributed by atoms with Crippen LogP contribution >= 0.6 is 0 Å². The maximum Gasteiger partial charge on any atom is 0.254 e. The standard InChI is InChI=1S/C30H47N3O5/c1-21(2)32(30(35)23-9-8-22(3)28(15-23)38-14-6-12-36-4)19-24-17-31-18-25(24)20-33(26-10-11-26)29(34)16-27-7-5-13-37-27/h8-9,15,21,24-27,31H,5-7,10-14,16-20H2,1-4H3/t24-,25-,27?/m0/s1. The quantitative estimate of drug-likeness (QED) is 0.371. The number of ether oxygens (including phenoxy) is 3. The predicted molar refractivity (Wildman–Crippen MR) is 148 cm³/mol. The van der Waals surface area contributed by atoms with Gasteiger partial charge in [0.15, 0.2) is 0 Å². The molecule has 1 saturated carbocycles. The van der Waals surface area contributed by atoms with Gasteiger partial charge in [-0.3, -0.25) is 9.59 Å². The van der Waals surface area contributed by atoms with E-state index >= 15 is 0 Å². The molecular weight excluding hydrogens is 482 g/mol. The minimum Gasteiger partial charge on any atom is -0.493 e. The Hall–Kier alpha value is -2.16. The fourth-order valence-corrected chi connectivity index (χ4v) is 5.65. The Kier molecular flexibility index (Phi) is 10.4. The van der Waals surface area contributed by atoms with Gasteiger partial charge in [0, 0.05) is 70.6 Å². The van der Waals surface area contributed by atoms with Crippen molar-refractivity contribution in [1.29, 1.82) is 0 Å². The zero-order valence-electron chi connectivity index (χ0n) is 23.7. The minimum absolute atomic E-state index is 0.0286. The van der Waals surface area contributed by atoms with Gasteiger partial charge in [-0.05, 0) is 76.0 Å². The second-order valence-electron chi connectivity index (χ2n) is 11.5. The van der Waals surface area contributed by atoms with Crippen LogP contribution in [0.2, 0.25) is 0 Å². The fourth-order valence-electron chi connectivity index (χ4n) is 5.65. The van der Waals surface area contributed by atoms with E-state index in [0.29, 0.717) is 49.6 Å². The molecule has 2 heterocycles. The summed E-state index contributed by atoms with van der Waals surface area (Å²) in [5, 5.41) is 3.54. The maximum atomic E-state index is 13.7. The van der Waals surface area contributed by atoms with Crippen LogP contribution in [0.25, 0.3) is 0 Å². The lowest BCUT2D eigenvalue weighted by atomic mass is 9.93. The average Bonchev–Trinajstić information content (AvgIpc) is 3.42. The van der Waals surface area contributed by atoms with Crippen molar-refractivity contribution >= 4 is 11.8 Å². The highest BCUT2D eigenvalue weighted by Crippen LogP contribution is 2.32. The number of benzene rings is 1. The molecule has 1 unspecified atom stereocenters. The lowest BCUT2D eigenvalue weighted by Gasteiger charge is -2.34. The number of aryl methyl sites for hydroxylation is 1. The Morgan fingerprint density at radius 3 is 2.53 bits per heavy atom. The number of amides is 2. The van der Waals surface area contributed by atoms with Gasteiger partial charge >= 0.3 is 0 Å². The number of carbonyl (C=O) groups excluding carboxylic acids is 2. The molecule has 1 aliphatic carbocycles. The summed E-state index contributed by atoms with van der Waals surface area (Å²) >= 11 is 0. The number of carbonyl (C=O) groups is 2. The fraction of sp³-hybridized carbons (Fsp3) is 0.733. The Bertz CT molecular complexity index is 928. The van der Waals surface area contributed by atoms with Crippen molar-refractivity contribution < 1.29 is 23.8 Å². The Morgan fingerprint density at radius 2 is 1.87 bits per heavy atom. The van der Waals surface area contributed by atoms with E-state index in [-0.39, 0.29) is 24.0 Å². The molecule has 2 saturated heterocycles. The Balaban J connectivity index is 1.39. The third-order valence-electron chi connectivity index (χ3n) is 8.15. The normalized spacial score (nSPS) is 23.1. The summed E-state index contributed by atoms with van der Waals surface area (Å²) in [6, 6.07) is 6.19. The molecule has 4 rings (SSSR count). The molecule has 2 aliphatic heterocycles. The van der Waals surface area contributed by atoms with Crippen LogP contribution < -0.4 is 10.1 Å². The lowest BCUT2D eigenvalue weighted by molar-refractivity contribution is -0.134. The van der Waals surface area contributed by atoms with Crippen LogP contribution in [0, 0.1) is 18.8 Å². The van der Waals surface area contributed by atoms with Gasteiger partial charge in [-0.1, -0.05) is 6.07 Å². The van der Waals surface area contributed by atoms with Crippen LogP contribution in [0.1, 0.15) is 68.3 Å². The number of methoxy groups -OCH3 is 1. The SMILES string of the molecule is COCCCOc1cc(C(=O)N(C[C@@H]2CNC[C@H]2CN(C(=O)CC2CCCO2)C2CC2)C(C)C)ccc1C. The van der Waals surface area contributed by atoms with Gasteiger partial charge in [0.1, 0.15) is 5.75 Å². The highest BCUT2D eigenvalue weighted by atomic mass is 16.5.